The molecular formula is C16H15FO. The SMILES string of the molecule is Cc1ccccc1CC(=O)c1cccc(C)c1F. The summed E-state index contributed by atoms with van der Waals surface area (Å²) in [5.74, 6) is -0.582. The molecule has 92 valence electrons. The number of hydrogen-bond donors (Lipinski definition) is 0. The van der Waals surface area contributed by atoms with Crippen LogP contribution < -0.4 is 0 Å². The van der Waals surface area contributed by atoms with Crippen molar-refractivity contribution in [1.82, 2.24) is 0 Å². The third kappa shape index (κ3) is 2.48. The molecule has 0 atom stereocenters. The first kappa shape index (κ1) is 12.5. The maximum atomic E-state index is 13.8. The molecule has 0 radical (unpaired) electrons. The van der Waals surface area contributed by atoms with Crippen LogP contribution in [-0.2, 0) is 6.42 Å². The predicted octanol–water partition coefficient (Wildman–Crippen LogP) is 3.87. The van der Waals surface area contributed by atoms with E-state index in [2.05, 4.69) is 0 Å². The van der Waals surface area contributed by atoms with E-state index in [1.54, 1.807) is 25.1 Å². The van der Waals surface area contributed by atoms with Gasteiger partial charge >= 0.3 is 0 Å². The molecule has 0 N–H and O–H groups in total. The standard InChI is InChI=1S/C16H15FO/c1-11-6-3-4-8-13(11)10-15(18)14-9-5-7-12(2)16(14)17/h3-9H,10H2,1-2H3. The summed E-state index contributed by atoms with van der Waals surface area (Å²) in [6.07, 6.45) is 0.243. The van der Waals surface area contributed by atoms with E-state index < -0.39 is 5.82 Å². The fraction of sp³-hybridized carbons (Fsp3) is 0.188. The largest absolute Gasteiger partial charge is 0.294 e. The van der Waals surface area contributed by atoms with Crippen LogP contribution in [0.25, 0.3) is 0 Å². The van der Waals surface area contributed by atoms with Gasteiger partial charge < -0.3 is 0 Å². The van der Waals surface area contributed by atoms with Crippen molar-refractivity contribution in [3.63, 3.8) is 0 Å². The van der Waals surface area contributed by atoms with Gasteiger partial charge in [-0.2, -0.15) is 0 Å². The minimum Gasteiger partial charge on any atom is -0.294 e. The molecule has 2 aromatic rings. The van der Waals surface area contributed by atoms with Crippen LogP contribution in [0.15, 0.2) is 42.5 Å². The molecule has 0 amide bonds. The highest BCUT2D eigenvalue weighted by Crippen LogP contribution is 2.16. The molecule has 2 rings (SSSR count). The average Bonchev–Trinajstić information content (AvgIpc) is 2.35. The van der Waals surface area contributed by atoms with Crippen LogP contribution in [0.3, 0.4) is 0 Å². The maximum Gasteiger partial charge on any atom is 0.170 e. The zero-order chi connectivity index (χ0) is 13.1. The first-order valence-electron chi connectivity index (χ1n) is 5.92. The molecule has 0 fully saturated rings. The molecule has 0 aliphatic carbocycles. The summed E-state index contributed by atoms with van der Waals surface area (Å²) in [7, 11) is 0. The maximum absolute atomic E-state index is 13.8. The third-order valence-electron chi connectivity index (χ3n) is 3.10. The Morgan fingerprint density at radius 3 is 2.39 bits per heavy atom. The monoisotopic (exact) mass is 242 g/mol. The number of benzene rings is 2. The Balaban J connectivity index is 2.28. The number of carbonyl (C=O) groups is 1. The van der Waals surface area contributed by atoms with Gasteiger partial charge in [-0.1, -0.05) is 36.4 Å². The van der Waals surface area contributed by atoms with Crippen LogP contribution >= 0.6 is 0 Å². The van der Waals surface area contributed by atoms with Crippen LogP contribution in [0.4, 0.5) is 4.39 Å². The molecule has 0 saturated carbocycles. The Morgan fingerprint density at radius 1 is 1.00 bits per heavy atom. The second-order valence-electron chi connectivity index (χ2n) is 4.46. The van der Waals surface area contributed by atoms with Crippen LogP contribution in [0.1, 0.15) is 27.0 Å². The van der Waals surface area contributed by atoms with Crippen molar-refractivity contribution in [2.75, 3.05) is 0 Å². The van der Waals surface area contributed by atoms with Crippen LogP contribution in [0.5, 0.6) is 0 Å². The molecule has 0 saturated heterocycles. The minimum atomic E-state index is -0.406. The van der Waals surface area contributed by atoms with Crippen molar-refractivity contribution in [3.8, 4) is 0 Å². The van der Waals surface area contributed by atoms with Gasteiger partial charge in [-0.05, 0) is 36.6 Å². The minimum absolute atomic E-state index is 0.175. The molecule has 18 heavy (non-hydrogen) atoms. The number of Topliss-reactive ketones (excluding diaryl/α,β-unsaturated/α-hetero) is 1. The molecule has 0 bridgehead atoms. The highest BCUT2D eigenvalue weighted by molar-refractivity contribution is 5.98. The third-order valence-corrected chi connectivity index (χ3v) is 3.10. The van der Waals surface area contributed by atoms with Crippen molar-refractivity contribution in [1.29, 1.82) is 0 Å². The summed E-state index contributed by atoms with van der Waals surface area (Å²) in [6, 6.07) is 12.6. The molecule has 0 aromatic heterocycles. The fourth-order valence-corrected chi connectivity index (χ4v) is 1.94. The summed E-state index contributed by atoms with van der Waals surface area (Å²) < 4.78 is 13.8. The van der Waals surface area contributed by atoms with E-state index >= 15 is 0 Å². The smallest absolute Gasteiger partial charge is 0.170 e. The number of rotatable bonds is 3. The Labute approximate surface area is 106 Å². The number of aryl methyl sites for hydroxylation is 2. The summed E-state index contributed by atoms with van der Waals surface area (Å²) in [5.41, 5.74) is 2.69. The lowest BCUT2D eigenvalue weighted by molar-refractivity contribution is 0.0988. The van der Waals surface area contributed by atoms with E-state index in [0.717, 1.165) is 11.1 Å². The zero-order valence-electron chi connectivity index (χ0n) is 10.5. The Morgan fingerprint density at radius 2 is 1.67 bits per heavy atom. The Hall–Kier alpha value is -1.96. The summed E-state index contributed by atoms with van der Waals surface area (Å²) in [4.78, 5) is 12.1. The lowest BCUT2D eigenvalue weighted by atomic mass is 9.98. The molecular weight excluding hydrogens is 227 g/mol. The van der Waals surface area contributed by atoms with Gasteiger partial charge in [0.25, 0.3) is 0 Å². The number of carbonyl (C=O) groups excluding carboxylic acids is 1. The second-order valence-corrected chi connectivity index (χ2v) is 4.46. The normalized spacial score (nSPS) is 10.4. The molecule has 2 heteroatoms. The molecule has 2 aromatic carbocycles. The van der Waals surface area contributed by atoms with Crippen LogP contribution in [0.2, 0.25) is 0 Å². The van der Waals surface area contributed by atoms with Crippen molar-refractivity contribution in [2.24, 2.45) is 0 Å². The van der Waals surface area contributed by atoms with E-state index in [0.29, 0.717) is 5.56 Å². The number of hydrogen-bond acceptors (Lipinski definition) is 1. The van der Waals surface area contributed by atoms with Crippen molar-refractivity contribution in [2.45, 2.75) is 20.3 Å². The summed E-state index contributed by atoms with van der Waals surface area (Å²) >= 11 is 0. The highest BCUT2D eigenvalue weighted by atomic mass is 19.1. The van der Waals surface area contributed by atoms with Gasteiger partial charge in [0.2, 0.25) is 0 Å². The molecule has 0 aliphatic rings. The number of ketones is 1. The Bertz CT molecular complexity index is 587. The molecule has 0 unspecified atom stereocenters. The van der Waals surface area contributed by atoms with E-state index in [1.807, 2.05) is 31.2 Å². The first-order chi connectivity index (χ1) is 8.59. The second kappa shape index (κ2) is 5.13. The van der Waals surface area contributed by atoms with Gasteiger partial charge in [-0.3, -0.25) is 4.79 Å². The van der Waals surface area contributed by atoms with E-state index in [1.165, 1.54) is 0 Å². The topological polar surface area (TPSA) is 17.1 Å². The quantitative estimate of drug-likeness (QED) is 0.747. The molecule has 0 heterocycles. The van der Waals surface area contributed by atoms with Crippen molar-refractivity contribution in [3.05, 3.63) is 70.5 Å². The van der Waals surface area contributed by atoms with Gasteiger partial charge in [0.15, 0.2) is 5.78 Å². The van der Waals surface area contributed by atoms with Gasteiger partial charge in [-0.25, -0.2) is 4.39 Å². The van der Waals surface area contributed by atoms with Crippen LogP contribution in [0, 0.1) is 19.7 Å². The van der Waals surface area contributed by atoms with Gasteiger partial charge in [0.1, 0.15) is 5.82 Å². The summed E-state index contributed by atoms with van der Waals surface area (Å²) in [6.45, 7) is 3.62. The number of halogens is 1. The lowest BCUT2D eigenvalue weighted by Gasteiger charge is -2.07. The van der Waals surface area contributed by atoms with Crippen molar-refractivity contribution >= 4 is 5.78 Å². The van der Waals surface area contributed by atoms with Crippen molar-refractivity contribution < 1.29 is 9.18 Å². The fourth-order valence-electron chi connectivity index (χ4n) is 1.94. The molecule has 0 spiro atoms. The highest BCUT2D eigenvalue weighted by Gasteiger charge is 2.14. The lowest BCUT2D eigenvalue weighted by Crippen LogP contribution is -2.08. The predicted molar refractivity (Wildman–Crippen MR) is 70.4 cm³/mol. The van der Waals surface area contributed by atoms with E-state index in [-0.39, 0.29) is 17.8 Å². The molecule has 1 nitrogen and oxygen atoms in total. The van der Waals surface area contributed by atoms with Gasteiger partial charge in [0.05, 0.1) is 5.56 Å². The van der Waals surface area contributed by atoms with E-state index in [4.69, 9.17) is 0 Å². The summed E-state index contributed by atoms with van der Waals surface area (Å²) in [5, 5.41) is 0. The first-order valence-corrected chi connectivity index (χ1v) is 5.92. The van der Waals surface area contributed by atoms with E-state index in [9.17, 15) is 9.18 Å². The average molecular weight is 242 g/mol. The molecule has 0 aliphatic heterocycles. The zero-order valence-corrected chi connectivity index (χ0v) is 10.5. The van der Waals surface area contributed by atoms with Gasteiger partial charge in [-0.15, -0.1) is 0 Å². The van der Waals surface area contributed by atoms with Gasteiger partial charge in [0, 0.05) is 6.42 Å². The Kier molecular flexibility index (Phi) is 3.56. The van der Waals surface area contributed by atoms with Crippen LogP contribution in [-0.4, -0.2) is 5.78 Å².